The fraction of sp³-hybridized carbons (Fsp3) is 0.308. The third-order valence-corrected chi connectivity index (χ3v) is 2.52. The number of carbonyl (C=O) groups is 1. The summed E-state index contributed by atoms with van der Waals surface area (Å²) < 4.78 is 4.93. The smallest absolute Gasteiger partial charge is 0.253 e. The summed E-state index contributed by atoms with van der Waals surface area (Å²) in [6, 6.07) is 5.06. The number of rotatable bonds is 3. The van der Waals surface area contributed by atoms with Gasteiger partial charge in [-0.05, 0) is 25.1 Å². The van der Waals surface area contributed by atoms with Gasteiger partial charge in [-0.3, -0.25) is 4.79 Å². The van der Waals surface area contributed by atoms with Crippen LogP contribution in [0.1, 0.15) is 12.5 Å². The first-order valence-corrected chi connectivity index (χ1v) is 5.78. The molecular weight excluding hydrogens is 252 g/mol. The van der Waals surface area contributed by atoms with Crippen molar-refractivity contribution in [2.24, 2.45) is 5.73 Å². The van der Waals surface area contributed by atoms with Crippen LogP contribution in [-0.2, 0) is 9.53 Å². The molecule has 0 aliphatic heterocycles. The molecule has 96 valence electrons. The minimum atomic E-state index is -0.531. The van der Waals surface area contributed by atoms with Gasteiger partial charge in [0.25, 0.3) is 5.91 Å². The van der Waals surface area contributed by atoms with E-state index in [-0.39, 0.29) is 12.5 Å². The van der Waals surface area contributed by atoms with Gasteiger partial charge in [-0.2, -0.15) is 0 Å². The predicted octanol–water partition coefficient (Wildman–Crippen LogP) is 1.62. The maximum Gasteiger partial charge on any atom is 0.253 e. The lowest BCUT2D eigenvalue weighted by molar-refractivity contribution is -0.124. The molecule has 0 heterocycles. The van der Waals surface area contributed by atoms with Crippen LogP contribution in [0.2, 0.25) is 5.02 Å². The Bertz CT molecular complexity index is 491. The molecule has 0 saturated heterocycles. The molecule has 0 bridgehead atoms. The molecule has 3 N–H and O–H groups in total. The summed E-state index contributed by atoms with van der Waals surface area (Å²) in [6.45, 7) is 1.91. The van der Waals surface area contributed by atoms with Gasteiger partial charge in [0, 0.05) is 17.7 Å². The lowest BCUT2D eigenvalue weighted by atomic mass is 10.1. The zero-order valence-electron chi connectivity index (χ0n) is 10.3. The van der Waals surface area contributed by atoms with Crippen molar-refractivity contribution in [2.45, 2.75) is 13.0 Å². The van der Waals surface area contributed by atoms with Gasteiger partial charge < -0.3 is 15.8 Å². The van der Waals surface area contributed by atoms with E-state index < -0.39 is 6.10 Å². The van der Waals surface area contributed by atoms with Gasteiger partial charge in [0.2, 0.25) is 0 Å². The Labute approximate surface area is 111 Å². The maximum atomic E-state index is 11.7. The number of nitrogens with two attached hydrogens (primary N) is 1. The number of benzene rings is 1. The average molecular weight is 267 g/mol. The molecule has 0 fully saturated rings. The highest BCUT2D eigenvalue weighted by Gasteiger charge is 2.13. The SMILES string of the molecule is COC(C)C(=O)Nc1ccc(Cl)cc1C#CCN. The van der Waals surface area contributed by atoms with Gasteiger partial charge in [-0.1, -0.05) is 23.4 Å². The Hall–Kier alpha value is -1.54. The van der Waals surface area contributed by atoms with Crippen LogP contribution in [0.3, 0.4) is 0 Å². The third-order valence-electron chi connectivity index (χ3n) is 2.29. The summed E-state index contributed by atoms with van der Waals surface area (Å²) >= 11 is 5.89. The van der Waals surface area contributed by atoms with Crippen LogP contribution in [0.15, 0.2) is 18.2 Å². The van der Waals surface area contributed by atoms with Crippen molar-refractivity contribution in [3.05, 3.63) is 28.8 Å². The standard InChI is InChI=1S/C13H15ClN2O2/c1-9(18-2)13(17)16-12-6-5-11(14)8-10(12)4-3-7-15/h5-6,8-9H,7,15H2,1-2H3,(H,16,17). The second-order valence-corrected chi connectivity index (χ2v) is 4.00. The number of methoxy groups -OCH3 is 1. The van der Waals surface area contributed by atoms with Crippen LogP contribution >= 0.6 is 11.6 Å². The molecule has 1 unspecified atom stereocenters. The van der Waals surface area contributed by atoms with E-state index in [9.17, 15) is 4.79 Å². The molecule has 1 rings (SSSR count). The van der Waals surface area contributed by atoms with E-state index in [2.05, 4.69) is 17.2 Å². The van der Waals surface area contributed by atoms with E-state index in [4.69, 9.17) is 22.1 Å². The second kappa shape index (κ2) is 7.02. The van der Waals surface area contributed by atoms with Gasteiger partial charge in [0.15, 0.2) is 0 Å². The molecule has 0 saturated carbocycles. The number of hydrogen-bond donors (Lipinski definition) is 2. The predicted molar refractivity (Wildman–Crippen MR) is 72.5 cm³/mol. The van der Waals surface area contributed by atoms with Gasteiger partial charge in [-0.25, -0.2) is 0 Å². The molecule has 0 aliphatic carbocycles. The van der Waals surface area contributed by atoms with Crippen LogP contribution in [0, 0.1) is 11.8 Å². The Morgan fingerprint density at radius 3 is 2.94 bits per heavy atom. The van der Waals surface area contributed by atoms with E-state index >= 15 is 0 Å². The number of amides is 1. The van der Waals surface area contributed by atoms with E-state index in [1.54, 1.807) is 25.1 Å². The average Bonchev–Trinajstić information content (AvgIpc) is 2.37. The normalized spacial score (nSPS) is 11.3. The Kier molecular flexibility index (Phi) is 5.66. The molecule has 0 aromatic heterocycles. The maximum absolute atomic E-state index is 11.7. The summed E-state index contributed by atoms with van der Waals surface area (Å²) in [4.78, 5) is 11.7. The van der Waals surface area contributed by atoms with Crippen molar-refractivity contribution in [1.82, 2.24) is 0 Å². The van der Waals surface area contributed by atoms with Gasteiger partial charge in [-0.15, -0.1) is 0 Å². The van der Waals surface area contributed by atoms with Crippen molar-refractivity contribution in [1.29, 1.82) is 0 Å². The largest absolute Gasteiger partial charge is 0.372 e. The first-order valence-electron chi connectivity index (χ1n) is 5.40. The van der Waals surface area contributed by atoms with Crippen molar-refractivity contribution in [3.63, 3.8) is 0 Å². The van der Waals surface area contributed by atoms with E-state index in [0.29, 0.717) is 16.3 Å². The van der Waals surface area contributed by atoms with Crippen LogP contribution in [0.4, 0.5) is 5.69 Å². The third kappa shape index (κ3) is 4.04. The van der Waals surface area contributed by atoms with Gasteiger partial charge >= 0.3 is 0 Å². The van der Waals surface area contributed by atoms with Crippen LogP contribution in [-0.4, -0.2) is 25.7 Å². The number of hydrogen-bond acceptors (Lipinski definition) is 3. The van der Waals surface area contributed by atoms with Crippen molar-refractivity contribution in [3.8, 4) is 11.8 Å². The monoisotopic (exact) mass is 266 g/mol. The topological polar surface area (TPSA) is 64.3 Å². The molecule has 4 nitrogen and oxygen atoms in total. The number of nitrogens with one attached hydrogen (secondary N) is 1. The lowest BCUT2D eigenvalue weighted by Gasteiger charge is -2.12. The summed E-state index contributed by atoms with van der Waals surface area (Å²) in [5, 5.41) is 3.28. The van der Waals surface area contributed by atoms with Crippen LogP contribution in [0.25, 0.3) is 0 Å². The Balaban J connectivity index is 2.97. The molecule has 0 radical (unpaired) electrons. The van der Waals surface area contributed by atoms with Gasteiger partial charge in [0.1, 0.15) is 6.10 Å². The van der Waals surface area contributed by atoms with Crippen molar-refractivity contribution in [2.75, 3.05) is 19.0 Å². The Morgan fingerprint density at radius 2 is 2.33 bits per heavy atom. The fourth-order valence-electron chi connectivity index (χ4n) is 1.22. The lowest BCUT2D eigenvalue weighted by Crippen LogP contribution is -2.26. The molecule has 18 heavy (non-hydrogen) atoms. The minimum Gasteiger partial charge on any atom is -0.372 e. The number of halogens is 1. The second-order valence-electron chi connectivity index (χ2n) is 3.56. The van der Waals surface area contributed by atoms with Gasteiger partial charge in [0.05, 0.1) is 12.2 Å². The highest BCUT2D eigenvalue weighted by atomic mass is 35.5. The Morgan fingerprint density at radius 1 is 1.61 bits per heavy atom. The molecule has 0 aliphatic rings. The highest BCUT2D eigenvalue weighted by molar-refractivity contribution is 6.30. The first kappa shape index (κ1) is 14.5. The van der Waals surface area contributed by atoms with Crippen molar-refractivity contribution >= 4 is 23.2 Å². The zero-order valence-corrected chi connectivity index (χ0v) is 11.0. The highest BCUT2D eigenvalue weighted by Crippen LogP contribution is 2.20. The summed E-state index contributed by atoms with van der Waals surface area (Å²) in [5.41, 5.74) is 6.54. The molecule has 0 spiro atoms. The summed E-state index contributed by atoms with van der Waals surface area (Å²) in [7, 11) is 1.47. The molecule has 1 amide bonds. The fourth-order valence-corrected chi connectivity index (χ4v) is 1.39. The van der Waals surface area contributed by atoms with Crippen LogP contribution < -0.4 is 11.1 Å². The molecule has 1 aromatic rings. The zero-order chi connectivity index (χ0) is 13.5. The molecular formula is C13H15ClN2O2. The van der Waals surface area contributed by atoms with E-state index in [0.717, 1.165) is 0 Å². The molecule has 5 heteroatoms. The van der Waals surface area contributed by atoms with E-state index in [1.165, 1.54) is 7.11 Å². The number of ether oxygens (including phenoxy) is 1. The van der Waals surface area contributed by atoms with Crippen LogP contribution in [0.5, 0.6) is 0 Å². The minimum absolute atomic E-state index is 0.240. The first-order chi connectivity index (χ1) is 8.58. The number of anilines is 1. The summed E-state index contributed by atoms with van der Waals surface area (Å²) in [6.07, 6.45) is -0.531. The number of carbonyl (C=O) groups excluding carboxylic acids is 1. The molecule has 1 atom stereocenters. The van der Waals surface area contributed by atoms with Crippen molar-refractivity contribution < 1.29 is 9.53 Å². The molecule has 1 aromatic carbocycles. The van der Waals surface area contributed by atoms with E-state index in [1.807, 2.05) is 0 Å². The summed E-state index contributed by atoms with van der Waals surface area (Å²) in [5.74, 6) is 5.35. The quantitative estimate of drug-likeness (QED) is 0.817.